The molecule has 0 aliphatic heterocycles. The molecule has 19 heavy (non-hydrogen) atoms. The number of aromatic nitrogens is 5. The van der Waals surface area contributed by atoms with Crippen molar-refractivity contribution in [3.05, 3.63) is 41.1 Å². The summed E-state index contributed by atoms with van der Waals surface area (Å²) in [6.07, 6.45) is 0. The van der Waals surface area contributed by atoms with E-state index in [1.807, 2.05) is 13.0 Å². The van der Waals surface area contributed by atoms with E-state index in [0.29, 0.717) is 5.78 Å². The van der Waals surface area contributed by atoms with Crippen LogP contribution >= 0.6 is 0 Å². The second kappa shape index (κ2) is 4.31. The summed E-state index contributed by atoms with van der Waals surface area (Å²) < 4.78 is 1.59. The third-order valence-electron chi connectivity index (χ3n) is 2.95. The van der Waals surface area contributed by atoms with E-state index in [1.54, 1.807) is 4.52 Å². The average molecular weight is 254 g/mol. The predicted molar refractivity (Wildman–Crippen MR) is 72.5 cm³/mol. The Bertz CT molecular complexity index is 746. The average Bonchev–Trinajstić information content (AvgIpc) is 2.80. The first-order chi connectivity index (χ1) is 9.13. The fraction of sp³-hybridized carbons (Fsp3) is 0.231. The first-order valence-electron chi connectivity index (χ1n) is 6.03. The van der Waals surface area contributed by atoms with Crippen molar-refractivity contribution in [2.24, 2.45) is 0 Å². The molecule has 0 saturated carbocycles. The maximum absolute atomic E-state index is 4.26. The van der Waals surface area contributed by atoms with E-state index in [1.165, 1.54) is 11.1 Å². The molecule has 0 unspecified atom stereocenters. The van der Waals surface area contributed by atoms with Crippen molar-refractivity contribution in [3.63, 3.8) is 0 Å². The minimum Gasteiger partial charge on any atom is -0.340 e. The Morgan fingerprint density at radius 1 is 1.11 bits per heavy atom. The number of rotatable bonds is 2. The molecule has 0 radical (unpaired) electrons. The number of fused-ring (bicyclic) bond motifs is 1. The van der Waals surface area contributed by atoms with Crippen LogP contribution in [-0.2, 0) is 0 Å². The molecule has 0 aliphatic carbocycles. The third kappa shape index (κ3) is 2.12. The molecule has 2 heterocycles. The van der Waals surface area contributed by atoms with Gasteiger partial charge in [0.2, 0.25) is 0 Å². The topological polar surface area (TPSA) is 68.0 Å². The van der Waals surface area contributed by atoms with Gasteiger partial charge in [0.15, 0.2) is 0 Å². The molecule has 0 amide bonds. The standard InChI is InChI=1S/C13H14N6/c1-8-4-5-11(9(2)6-8)15-12-7-10(3)14-13-16-17-18-19(12)13/h4-7,15H,1-3H3. The highest BCUT2D eigenvalue weighted by molar-refractivity contribution is 5.62. The quantitative estimate of drug-likeness (QED) is 0.759. The lowest BCUT2D eigenvalue weighted by Gasteiger charge is -2.11. The summed E-state index contributed by atoms with van der Waals surface area (Å²) in [6, 6.07) is 8.17. The largest absolute Gasteiger partial charge is 0.340 e. The normalized spacial score (nSPS) is 10.9. The maximum atomic E-state index is 4.26. The zero-order chi connectivity index (χ0) is 13.4. The van der Waals surface area contributed by atoms with Crippen LogP contribution in [0.3, 0.4) is 0 Å². The number of hydrogen-bond acceptors (Lipinski definition) is 5. The van der Waals surface area contributed by atoms with E-state index < -0.39 is 0 Å². The Kier molecular flexibility index (Phi) is 2.63. The van der Waals surface area contributed by atoms with E-state index in [4.69, 9.17) is 0 Å². The van der Waals surface area contributed by atoms with Crippen LogP contribution in [0.5, 0.6) is 0 Å². The second-order valence-electron chi connectivity index (χ2n) is 4.62. The highest BCUT2D eigenvalue weighted by Crippen LogP contribution is 2.21. The van der Waals surface area contributed by atoms with Crippen molar-refractivity contribution in [2.75, 3.05) is 5.32 Å². The Labute approximate surface area is 110 Å². The summed E-state index contributed by atoms with van der Waals surface area (Å²) in [5, 5.41) is 14.8. The third-order valence-corrected chi connectivity index (χ3v) is 2.95. The van der Waals surface area contributed by atoms with Crippen LogP contribution in [0.2, 0.25) is 0 Å². The number of benzene rings is 1. The van der Waals surface area contributed by atoms with E-state index in [2.05, 4.69) is 57.9 Å². The van der Waals surface area contributed by atoms with Crippen molar-refractivity contribution in [1.82, 2.24) is 25.0 Å². The van der Waals surface area contributed by atoms with Crippen molar-refractivity contribution >= 4 is 17.3 Å². The zero-order valence-corrected chi connectivity index (χ0v) is 11.0. The first kappa shape index (κ1) is 11.6. The molecule has 96 valence electrons. The minimum atomic E-state index is 0.493. The lowest BCUT2D eigenvalue weighted by molar-refractivity contribution is 0.825. The van der Waals surface area contributed by atoms with Gasteiger partial charge in [-0.25, -0.2) is 4.98 Å². The maximum Gasteiger partial charge on any atom is 0.275 e. The second-order valence-corrected chi connectivity index (χ2v) is 4.62. The molecule has 2 aromatic heterocycles. The predicted octanol–water partition coefficient (Wildman–Crippen LogP) is 2.19. The molecule has 1 N–H and O–H groups in total. The zero-order valence-electron chi connectivity index (χ0n) is 11.0. The molecule has 0 spiro atoms. The van der Waals surface area contributed by atoms with E-state index in [-0.39, 0.29) is 0 Å². The van der Waals surface area contributed by atoms with Gasteiger partial charge in [-0.15, -0.1) is 0 Å². The SMILES string of the molecule is Cc1ccc(Nc2cc(C)nc3nnnn23)c(C)c1. The number of nitrogens with zero attached hydrogens (tertiary/aromatic N) is 5. The molecule has 0 aliphatic rings. The van der Waals surface area contributed by atoms with Crippen LogP contribution in [0.1, 0.15) is 16.8 Å². The molecule has 3 rings (SSSR count). The molecule has 0 atom stereocenters. The Hall–Kier alpha value is -2.50. The number of nitrogens with one attached hydrogen (secondary N) is 1. The van der Waals surface area contributed by atoms with Crippen LogP contribution in [-0.4, -0.2) is 25.0 Å². The molecule has 6 nitrogen and oxygen atoms in total. The Morgan fingerprint density at radius 2 is 1.95 bits per heavy atom. The Balaban J connectivity index is 2.07. The van der Waals surface area contributed by atoms with E-state index >= 15 is 0 Å². The fourth-order valence-corrected chi connectivity index (χ4v) is 2.04. The van der Waals surface area contributed by atoms with Gasteiger partial charge in [-0.05, 0) is 42.8 Å². The van der Waals surface area contributed by atoms with Crippen LogP contribution in [0.25, 0.3) is 5.78 Å². The van der Waals surface area contributed by atoms with E-state index in [0.717, 1.165) is 17.2 Å². The molecular formula is C13H14N6. The van der Waals surface area contributed by atoms with Gasteiger partial charge in [0, 0.05) is 17.4 Å². The summed E-state index contributed by atoms with van der Waals surface area (Å²) in [5.74, 6) is 1.30. The summed E-state index contributed by atoms with van der Waals surface area (Å²) in [6.45, 7) is 6.06. The smallest absolute Gasteiger partial charge is 0.275 e. The molecule has 0 bridgehead atoms. The number of aryl methyl sites for hydroxylation is 3. The number of tetrazole rings is 1. The van der Waals surface area contributed by atoms with Crippen molar-refractivity contribution < 1.29 is 0 Å². The van der Waals surface area contributed by atoms with E-state index in [9.17, 15) is 0 Å². The van der Waals surface area contributed by atoms with Crippen molar-refractivity contribution in [2.45, 2.75) is 20.8 Å². The highest BCUT2D eigenvalue weighted by Gasteiger charge is 2.07. The molecule has 1 aromatic carbocycles. The summed E-state index contributed by atoms with van der Waals surface area (Å²) >= 11 is 0. The van der Waals surface area contributed by atoms with Crippen LogP contribution in [0, 0.1) is 20.8 Å². The van der Waals surface area contributed by atoms with Crippen LogP contribution in [0.4, 0.5) is 11.5 Å². The van der Waals surface area contributed by atoms with Gasteiger partial charge in [0.05, 0.1) is 0 Å². The molecule has 3 aromatic rings. The van der Waals surface area contributed by atoms with Gasteiger partial charge in [-0.1, -0.05) is 22.8 Å². The van der Waals surface area contributed by atoms with Gasteiger partial charge in [-0.2, -0.15) is 4.52 Å². The molecule has 6 heteroatoms. The van der Waals surface area contributed by atoms with Gasteiger partial charge in [0.1, 0.15) is 5.82 Å². The lowest BCUT2D eigenvalue weighted by Crippen LogP contribution is -2.03. The number of hydrogen-bond donors (Lipinski definition) is 1. The fourth-order valence-electron chi connectivity index (χ4n) is 2.04. The summed E-state index contributed by atoms with van der Waals surface area (Å²) in [5.41, 5.74) is 4.32. The lowest BCUT2D eigenvalue weighted by atomic mass is 10.1. The number of anilines is 2. The monoisotopic (exact) mass is 254 g/mol. The van der Waals surface area contributed by atoms with Gasteiger partial charge in [-0.3, -0.25) is 0 Å². The van der Waals surface area contributed by atoms with Crippen LogP contribution in [0.15, 0.2) is 24.3 Å². The highest BCUT2D eigenvalue weighted by atomic mass is 15.5. The van der Waals surface area contributed by atoms with Crippen LogP contribution < -0.4 is 5.32 Å². The molecule has 0 fully saturated rings. The molecular weight excluding hydrogens is 240 g/mol. The van der Waals surface area contributed by atoms with Gasteiger partial charge < -0.3 is 5.32 Å². The summed E-state index contributed by atoms with van der Waals surface area (Å²) in [4.78, 5) is 4.26. The summed E-state index contributed by atoms with van der Waals surface area (Å²) in [7, 11) is 0. The first-order valence-corrected chi connectivity index (χ1v) is 6.03. The van der Waals surface area contributed by atoms with Gasteiger partial charge >= 0.3 is 0 Å². The van der Waals surface area contributed by atoms with Crippen molar-refractivity contribution in [3.8, 4) is 0 Å². The van der Waals surface area contributed by atoms with Crippen molar-refractivity contribution in [1.29, 1.82) is 0 Å². The van der Waals surface area contributed by atoms with Gasteiger partial charge in [0.25, 0.3) is 5.78 Å². The Morgan fingerprint density at radius 3 is 2.74 bits per heavy atom. The molecule has 0 saturated heterocycles. The minimum absolute atomic E-state index is 0.493.